The average molecular weight is 317 g/mol. The SMILES string of the molecule is NC(=S)c1nccnc1Oc1ccc(F)c(C(F)(F)F)c1. The minimum atomic E-state index is -4.84. The molecule has 9 heteroatoms. The standard InChI is InChI=1S/C12H7F4N3OS/c13-8-2-1-6(5-7(8)12(14,15)16)20-11-9(10(17)21)18-3-4-19-11/h1-5H,(H2,17,21). The van der Waals surface area contributed by atoms with Crippen LogP contribution in [-0.4, -0.2) is 15.0 Å². The van der Waals surface area contributed by atoms with Crippen molar-refractivity contribution in [2.75, 3.05) is 0 Å². The zero-order chi connectivity index (χ0) is 15.6. The van der Waals surface area contributed by atoms with E-state index < -0.39 is 17.6 Å². The smallest absolute Gasteiger partial charge is 0.419 e. The Kier molecular flexibility index (Phi) is 4.03. The molecule has 0 bridgehead atoms. The van der Waals surface area contributed by atoms with E-state index in [0.717, 1.165) is 6.07 Å². The molecule has 2 rings (SSSR count). The molecule has 21 heavy (non-hydrogen) atoms. The van der Waals surface area contributed by atoms with E-state index in [9.17, 15) is 17.6 Å². The highest BCUT2D eigenvalue weighted by molar-refractivity contribution is 7.80. The number of nitrogens with two attached hydrogens (primary N) is 1. The van der Waals surface area contributed by atoms with E-state index in [1.165, 1.54) is 12.4 Å². The van der Waals surface area contributed by atoms with Gasteiger partial charge in [0.1, 0.15) is 16.6 Å². The Morgan fingerprint density at radius 2 is 1.86 bits per heavy atom. The fourth-order valence-electron chi connectivity index (χ4n) is 1.47. The van der Waals surface area contributed by atoms with Crippen molar-refractivity contribution in [3.63, 3.8) is 0 Å². The van der Waals surface area contributed by atoms with Crippen LogP contribution >= 0.6 is 12.2 Å². The molecule has 2 N–H and O–H groups in total. The minimum absolute atomic E-state index is 0.0189. The van der Waals surface area contributed by atoms with E-state index in [2.05, 4.69) is 9.97 Å². The van der Waals surface area contributed by atoms with Crippen LogP contribution in [0.2, 0.25) is 0 Å². The minimum Gasteiger partial charge on any atom is -0.437 e. The lowest BCUT2D eigenvalue weighted by molar-refractivity contribution is -0.140. The Hall–Kier alpha value is -2.29. The summed E-state index contributed by atoms with van der Waals surface area (Å²) in [4.78, 5) is 7.47. The van der Waals surface area contributed by atoms with Gasteiger partial charge in [-0.15, -0.1) is 0 Å². The predicted molar refractivity (Wildman–Crippen MR) is 69.4 cm³/mol. The van der Waals surface area contributed by atoms with Crippen molar-refractivity contribution in [2.45, 2.75) is 6.18 Å². The van der Waals surface area contributed by atoms with E-state index in [1.54, 1.807) is 0 Å². The van der Waals surface area contributed by atoms with Crippen LogP contribution in [0, 0.1) is 5.82 Å². The number of rotatable bonds is 3. The van der Waals surface area contributed by atoms with Crippen LogP contribution in [0.5, 0.6) is 11.6 Å². The van der Waals surface area contributed by atoms with Crippen LogP contribution in [-0.2, 0) is 6.18 Å². The third-order valence-electron chi connectivity index (χ3n) is 2.36. The summed E-state index contributed by atoms with van der Waals surface area (Å²) in [6, 6.07) is 2.20. The van der Waals surface area contributed by atoms with Gasteiger partial charge in [0, 0.05) is 12.4 Å². The molecule has 0 atom stereocenters. The predicted octanol–water partition coefficient (Wildman–Crippen LogP) is 3.06. The Labute approximate surface area is 121 Å². The molecule has 0 aliphatic heterocycles. The second kappa shape index (κ2) is 5.60. The molecular weight excluding hydrogens is 310 g/mol. The lowest BCUT2D eigenvalue weighted by Crippen LogP contribution is -2.14. The fourth-order valence-corrected chi connectivity index (χ4v) is 1.61. The van der Waals surface area contributed by atoms with E-state index >= 15 is 0 Å². The molecule has 0 fully saturated rings. The number of halogens is 4. The summed E-state index contributed by atoms with van der Waals surface area (Å²) in [6.07, 6.45) is -2.28. The van der Waals surface area contributed by atoms with Gasteiger partial charge in [-0.05, 0) is 18.2 Å². The summed E-state index contributed by atoms with van der Waals surface area (Å²) in [5.41, 5.74) is 3.98. The average Bonchev–Trinajstić information content (AvgIpc) is 2.40. The Balaban J connectivity index is 2.40. The van der Waals surface area contributed by atoms with Crippen LogP contribution in [0.25, 0.3) is 0 Å². The first-order valence-corrected chi connectivity index (χ1v) is 5.85. The van der Waals surface area contributed by atoms with Crippen LogP contribution in [0.15, 0.2) is 30.6 Å². The van der Waals surface area contributed by atoms with Gasteiger partial charge in [-0.2, -0.15) is 13.2 Å². The largest absolute Gasteiger partial charge is 0.437 e. The van der Waals surface area contributed by atoms with E-state index in [0.29, 0.717) is 12.1 Å². The van der Waals surface area contributed by atoms with Crippen LogP contribution in [0.3, 0.4) is 0 Å². The molecule has 0 spiro atoms. The molecular formula is C12H7F4N3OS. The van der Waals surface area contributed by atoms with Crippen molar-refractivity contribution in [3.8, 4) is 11.6 Å². The van der Waals surface area contributed by atoms with Crippen molar-refractivity contribution in [2.24, 2.45) is 5.73 Å². The molecule has 4 nitrogen and oxygen atoms in total. The molecule has 2 aromatic rings. The highest BCUT2D eigenvalue weighted by Crippen LogP contribution is 2.34. The summed E-state index contributed by atoms with van der Waals surface area (Å²) < 4.78 is 56.2. The van der Waals surface area contributed by atoms with Gasteiger partial charge >= 0.3 is 6.18 Å². The quantitative estimate of drug-likeness (QED) is 0.696. The molecule has 0 aliphatic rings. The maximum absolute atomic E-state index is 13.2. The lowest BCUT2D eigenvalue weighted by atomic mass is 10.2. The molecule has 0 unspecified atom stereocenters. The van der Waals surface area contributed by atoms with Crippen molar-refractivity contribution in [1.82, 2.24) is 9.97 Å². The van der Waals surface area contributed by atoms with Crippen molar-refractivity contribution in [1.29, 1.82) is 0 Å². The number of hydrogen-bond donors (Lipinski definition) is 1. The van der Waals surface area contributed by atoms with Crippen LogP contribution in [0.4, 0.5) is 17.6 Å². The first kappa shape index (κ1) is 15.1. The monoisotopic (exact) mass is 317 g/mol. The molecule has 0 amide bonds. The number of ether oxygens (including phenoxy) is 1. The normalized spacial score (nSPS) is 11.2. The molecule has 0 saturated heterocycles. The Morgan fingerprint density at radius 3 is 2.48 bits per heavy atom. The van der Waals surface area contributed by atoms with Crippen molar-refractivity contribution >= 4 is 17.2 Å². The van der Waals surface area contributed by atoms with Gasteiger partial charge in [0.2, 0.25) is 5.88 Å². The number of benzene rings is 1. The van der Waals surface area contributed by atoms with Gasteiger partial charge in [-0.3, -0.25) is 0 Å². The molecule has 1 heterocycles. The fraction of sp³-hybridized carbons (Fsp3) is 0.0833. The number of alkyl halides is 3. The summed E-state index contributed by atoms with van der Waals surface area (Å²) >= 11 is 4.73. The zero-order valence-electron chi connectivity index (χ0n) is 10.2. The molecule has 0 aliphatic carbocycles. The highest BCUT2D eigenvalue weighted by Gasteiger charge is 2.34. The van der Waals surface area contributed by atoms with E-state index in [4.69, 9.17) is 22.7 Å². The molecule has 1 aromatic heterocycles. The van der Waals surface area contributed by atoms with Crippen molar-refractivity contribution < 1.29 is 22.3 Å². The maximum Gasteiger partial charge on any atom is 0.419 e. The summed E-state index contributed by atoms with van der Waals surface area (Å²) in [5, 5.41) is 0. The number of thiocarbonyl (C=S) groups is 1. The summed E-state index contributed by atoms with van der Waals surface area (Å²) in [6.45, 7) is 0. The zero-order valence-corrected chi connectivity index (χ0v) is 11.0. The van der Waals surface area contributed by atoms with Crippen LogP contribution < -0.4 is 10.5 Å². The number of aromatic nitrogens is 2. The maximum atomic E-state index is 13.2. The third-order valence-corrected chi connectivity index (χ3v) is 2.55. The highest BCUT2D eigenvalue weighted by atomic mass is 32.1. The summed E-state index contributed by atoms with van der Waals surface area (Å²) in [7, 11) is 0. The molecule has 0 saturated carbocycles. The Morgan fingerprint density at radius 1 is 1.19 bits per heavy atom. The van der Waals surface area contributed by atoms with Gasteiger partial charge in [-0.25, -0.2) is 14.4 Å². The first-order chi connectivity index (χ1) is 9.79. The van der Waals surface area contributed by atoms with Gasteiger partial charge in [0.05, 0.1) is 5.56 Å². The first-order valence-electron chi connectivity index (χ1n) is 5.44. The van der Waals surface area contributed by atoms with Gasteiger partial charge < -0.3 is 10.5 Å². The van der Waals surface area contributed by atoms with Gasteiger partial charge in [0.25, 0.3) is 0 Å². The Bertz CT molecular complexity index is 690. The van der Waals surface area contributed by atoms with Crippen LogP contribution in [0.1, 0.15) is 11.3 Å². The van der Waals surface area contributed by atoms with Crippen molar-refractivity contribution in [3.05, 3.63) is 47.7 Å². The van der Waals surface area contributed by atoms with Gasteiger partial charge in [-0.1, -0.05) is 12.2 Å². The second-order valence-electron chi connectivity index (χ2n) is 3.82. The van der Waals surface area contributed by atoms with E-state index in [-0.39, 0.29) is 22.3 Å². The number of hydrogen-bond acceptors (Lipinski definition) is 4. The topological polar surface area (TPSA) is 61.0 Å². The summed E-state index contributed by atoms with van der Waals surface area (Å²) in [5.74, 6) is -1.82. The third kappa shape index (κ3) is 3.43. The van der Waals surface area contributed by atoms with E-state index in [1.807, 2.05) is 0 Å². The second-order valence-corrected chi connectivity index (χ2v) is 4.26. The lowest BCUT2D eigenvalue weighted by Gasteiger charge is -2.11. The molecule has 0 radical (unpaired) electrons. The molecule has 1 aromatic carbocycles. The van der Waals surface area contributed by atoms with Gasteiger partial charge in [0.15, 0.2) is 5.69 Å². The molecule has 110 valence electrons. The number of nitrogens with zero attached hydrogens (tertiary/aromatic N) is 2.